The first kappa shape index (κ1) is 12.5. The summed E-state index contributed by atoms with van der Waals surface area (Å²) in [6, 6.07) is 7.85. The zero-order valence-electron chi connectivity index (χ0n) is 11.2. The summed E-state index contributed by atoms with van der Waals surface area (Å²) in [7, 11) is 1.69. The van der Waals surface area contributed by atoms with E-state index < -0.39 is 0 Å². The number of hydrogen-bond donors (Lipinski definition) is 1. The lowest BCUT2D eigenvalue weighted by molar-refractivity contribution is 0.298. The van der Waals surface area contributed by atoms with Crippen LogP contribution in [0.5, 0.6) is 5.75 Å². The number of nitrogens with zero attached hydrogens (tertiary/aromatic N) is 2. The quantitative estimate of drug-likeness (QED) is 0.884. The maximum absolute atomic E-state index is 9.01. The number of methoxy groups -OCH3 is 1. The largest absolute Gasteiger partial charge is 0.496 e. The second-order valence-corrected chi connectivity index (χ2v) is 5.51. The van der Waals surface area contributed by atoms with Crippen LogP contribution in [0.15, 0.2) is 18.2 Å². The second kappa shape index (κ2) is 5.20. The fourth-order valence-corrected chi connectivity index (χ4v) is 3.29. The van der Waals surface area contributed by atoms with Crippen LogP contribution in [0.4, 0.5) is 0 Å². The first-order chi connectivity index (χ1) is 9.30. The molecule has 0 bridgehead atoms. The van der Waals surface area contributed by atoms with Crippen molar-refractivity contribution in [3.63, 3.8) is 0 Å². The van der Waals surface area contributed by atoms with Crippen molar-refractivity contribution in [3.05, 3.63) is 29.3 Å². The van der Waals surface area contributed by atoms with Gasteiger partial charge in [-0.1, -0.05) is 0 Å². The van der Waals surface area contributed by atoms with E-state index in [0.717, 1.165) is 55.9 Å². The van der Waals surface area contributed by atoms with Crippen LogP contribution in [0.2, 0.25) is 0 Å². The molecular weight excluding hydrogens is 238 g/mol. The van der Waals surface area contributed by atoms with Crippen LogP contribution in [-0.4, -0.2) is 38.2 Å². The molecule has 2 aliphatic heterocycles. The minimum Gasteiger partial charge on any atom is -0.496 e. The van der Waals surface area contributed by atoms with Crippen molar-refractivity contribution in [2.45, 2.75) is 6.54 Å². The van der Waals surface area contributed by atoms with E-state index in [4.69, 9.17) is 10.00 Å². The fourth-order valence-electron chi connectivity index (χ4n) is 3.29. The van der Waals surface area contributed by atoms with Crippen molar-refractivity contribution >= 4 is 0 Å². The van der Waals surface area contributed by atoms with Gasteiger partial charge in [-0.05, 0) is 43.1 Å². The van der Waals surface area contributed by atoms with Gasteiger partial charge in [-0.15, -0.1) is 0 Å². The predicted molar refractivity (Wildman–Crippen MR) is 72.8 cm³/mol. The number of nitriles is 1. The van der Waals surface area contributed by atoms with Gasteiger partial charge in [0.15, 0.2) is 0 Å². The Balaban J connectivity index is 1.74. The van der Waals surface area contributed by atoms with Crippen LogP contribution >= 0.6 is 0 Å². The molecule has 2 aliphatic rings. The molecular formula is C15H19N3O. The molecule has 1 N–H and O–H groups in total. The Labute approximate surface area is 114 Å². The Morgan fingerprint density at radius 2 is 2.11 bits per heavy atom. The van der Waals surface area contributed by atoms with Crippen molar-refractivity contribution in [1.29, 1.82) is 5.26 Å². The minimum atomic E-state index is 0.705. The van der Waals surface area contributed by atoms with Gasteiger partial charge in [0.1, 0.15) is 5.75 Å². The standard InChI is InChI=1S/C15H19N3O/c1-19-15-3-2-11(5-16)4-12(15)8-18-9-13-6-17-7-14(13)10-18/h2-4,13-14,17H,6-10H2,1H3/t13-,14+. The van der Waals surface area contributed by atoms with Gasteiger partial charge in [0, 0.05) is 25.2 Å². The Morgan fingerprint density at radius 1 is 1.37 bits per heavy atom. The molecule has 4 nitrogen and oxygen atoms in total. The van der Waals surface area contributed by atoms with Gasteiger partial charge in [-0.2, -0.15) is 5.26 Å². The van der Waals surface area contributed by atoms with E-state index in [-0.39, 0.29) is 0 Å². The minimum absolute atomic E-state index is 0.705. The molecule has 2 heterocycles. The highest BCUT2D eigenvalue weighted by Gasteiger charge is 2.35. The predicted octanol–water partition coefficient (Wildman–Crippen LogP) is 1.22. The Kier molecular flexibility index (Phi) is 3.41. The monoisotopic (exact) mass is 257 g/mol. The zero-order valence-corrected chi connectivity index (χ0v) is 11.2. The molecule has 1 aromatic carbocycles. The number of ether oxygens (including phenoxy) is 1. The van der Waals surface area contributed by atoms with Gasteiger partial charge >= 0.3 is 0 Å². The van der Waals surface area contributed by atoms with Gasteiger partial charge in [0.25, 0.3) is 0 Å². The first-order valence-electron chi connectivity index (χ1n) is 6.80. The zero-order chi connectivity index (χ0) is 13.2. The van der Waals surface area contributed by atoms with Crippen molar-refractivity contribution in [1.82, 2.24) is 10.2 Å². The fraction of sp³-hybridized carbons (Fsp3) is 0.533. The van der Waals surface area contributed by atoms with Gasteiger partial charge < -0.3 is 10.1 Å². The van der Waals surface area contributed by atoms with Gasteiger partial charge in [0.2, 0.25) is 0 Å². The highest BCUT2D eigenvalue weighted by atomic mass is 16.5. The molecule has 2 atom stereocenters. The average molecular weight is 257 g/mol. The molecule has 0 aromatic heterocycles. The maximum Gasteiger partial charge on any atom is 0.123 e. The number of nitrogens with one attached hydrogen (secondary N) is 1. The van der Waals surface area contributed by atoms with Crippen LogP contribution in [0.25, 0.3) is 0 Å². The van der Waals surface area contributed by atoms with E-state index in [2.05, 4.69) is 16.3 Å². The SMILES string of the molecule is COc1ccc(C#N)cc1CN1C[C@H]2CNC[C@H]2C1. The maximum atomic E-state index is 9.01. The summed E-state index contributed by atoms with van der Waals surface area (Å²) in [5, 5.41) is 12.5. The Bertz CT molecular complexity index is 497. The Morgan fingerprint density at radius 3 is 2.74 bits per heavy atom. The summed E-state index contributed by atoms with van der Waals surface area (Å²) in [6.45, 7) is 5.48. The first-order valence-corrected chi connectivity index (χ1v) is 6.80. The highest BCUT2D eigenvalue weighted by molar-refractivity contribution is 5.42. The van der Waals surface area contributed by atoms with Crippen LogP contribution in [0.3, 0.4) is 0 Å². The molecule has 3 rings (SSSR count). The summed E-state index contributed by atoms with van der Waals surface area (Å²) in [5.74, 6) is 2.48. The Hall–Kier alpha value is -1.57. The van der Waals surface area contributed by atoms with Gasteiger partial charge in [0.05, 0.1) is 18.7 Å². The topological polar surface area (TPSA) is 48.3 Å². The lowest BCUT2D eigenvalue weighted by Gasteiger charge is -2.18. The molecule has 2 saturated heterocycles. The number of rotatable bonds is 3. The molecule has 2 fully saturated rings. The second-order valence-electron chi connectivity index (χ2n) is 5.51. The van der Waals surface area contributed by atoms with Crippen molar-refractivity contribution in [2.75, 3.05) is 33.3 Å². The van der Waals surface area contributed by atoms with Crippen molar-refractivity contribution in [3.8, 4) is 11.8 Å². The average Bonchev–Trinajstić information content (AvgIpc) is 2.99. The smallest absolute Gasteiger partial charge is 0.123 e. The molecule has 1 aromatic rings. The molecule has 0 amide bonds. The van der Waals surface area contributed by atoms with E-state index in [0.29, 0.717) is 5.56 Å². The van der Waals surface area contributed by atoms with Gasteiger partial charge in [-0.3, -0.25) is 4.90 Å². The van der Waals surface area contributed by atoms with Crippen LogP contribution in [0.1, 0.15) is 11.1 Å². The summed E-state index contributed by atoms with van der Waals surface area (Å²) in [4.78, 5) is 2.48. The molecule has 0 spiro atoms. The molecule has 19 heavy (non-hydrogen) atoms. The summed E-state index contributed by atoms with van der Waals surface area (Å²) in [5.41, 5.74) is 1.83. The normalized spacial score (nSPS) is 26.1. The molecule has 0 radical (unpaired) electrons. The summed E-state index contributed by atoms with van der Waals surface area (Å²) < 4.78 is 5.40. The van der Waals surface area contributed by atoms with E-state index in [9.17, 15) is 0 Å². The van der Waals surface area contributed by atoms with Crippen LogP contribution < -0.4 is 10.1 Å². The third kappa shape index (κ3) is 2.44. The highest BCUT2D eigenvalue weighted by Crippen LogP contribution is 2.29. The summed E-state index contributed by atoms with van der Waals surface area (Å²) >= 11 is 0. The number of likely N-dealkylation sites (tertiary alicyclic amines) is 1. The third-order valence-electron chi connectivity index (χ3n) is 4.27. The van der Waals surface area contributed by atoms with E-state index in [1.54, 1.807) is 7.11 Å². The van der Waals surface area contributed by atoms with E-state index in [1.165, 1.54) is 0 Å². The summed E-state index contributed by atoms with van der Waals surface area (Å²) in [6.07, 6.45) is 0. The van der Waals surface area contributed by atoms with Crippen LogP contribution in [0, 0.1) is 23.2 Å². The molecule has 100 valence electrons. The van der Waals surface area contributed by atoms with Gasteiger partial charge in [-0.25, -0.2) is 0 Å². The molecule has 0 aliphatic carbocycles. The molecule has 0 saturated carbocycles. The third-order valence-corrected chi connectivity index (χ3v) is 4.27. The molecule has 0 unspecified atom stereocenters. The lowest BCUT2D eigenvalue weighted by atomic mass is 10.0. The lowest BCUT2D eigenvalue weighted by Crippen LogP contribution is -2.25. The number of benzene rings is 1. The van der Waals surface area contributed by atoms with Crippen LogP contribution in [-0.2, 0) is 6.54 Å². The number of hydrogen-bond acceptors (Lipinski definition) is 4. The number of fused-ring (bicyclic) bond motifs is 1. The van der Waals surface area contributed by atoms with E-state index in [1.807, 2.05) is 18.2 Å². The van der Waals surface area contributed by atoms with E-state index >= 15 is 0 Å². The van der Waals surface area contributed by atoms with Crippen molar-refractivity contribution < 1.29 is 4.74 Å². The molecule has 4 heteroatoms. The van der Waals surface area contributed by atoms with Crippen molar-refractivity contribution in [2.24, 2.45) is 11.8 Å².